The van der Waals surface area contributed by atoms with Crippen molar-refractivity contribution in [1.82, 2.24) is 9.29 Å². The van der Waals surface area contributed by atoms with E-state index in [1.165, 1.54) is 22.6 Å². The second-order valence-electron chi connectivity index (χ2n) is 6.27. The minimum atomic E-state index is -3.79. The fraction of sp³-hybridized carbons (Fsp3) is 0.333. The van der Waals surface area contributed by atoms with E-state index in [2.05, 4.69) is 4.98 Å². The second kappa shape index (κ2) is 6.86. The van der Waals surface area contributed by atoms with Crippen LogP contribution in [-0.4, -0.2) is 36.1 Å². The number of rotatable bonds is 4. The monoisotopic (exact) mass is 378 g/mol. The van der Waals surface area contributed by atoms with Gasteiger partial charge in [0.25, 0.3) is 0 Å². The first kappa shape index (κ1) is 18.0. The zero-order valence-corrected chi connectivity index (χ0v) is 15.6. The molecule has 2 heterocycles. The van der Waals surface area contributed by atoms with Crippen molar-refractivity contribution in [2.24, 2.45) is 0 Å². The quantitative estimate of drug-likeness (QED) is 0.604. The number of halogens is 1. The van der Waals surface area contributed by atoms with E-state index < -0.39 is 16.1 Å². The third kappa shape index (κ3) is 3.47. The largest absolute Gasteiger partial charge is 0.292 e. The minimum Gasteiger partial charge on any atom is -0.292 e. The van der Waals surface area contributed by atoms with Crippen molar-refractivity contribution in [2.45, 2.75) is 37.6 Å². The molecule has 0 saturated carbocycles. The number of pyridine rings is 1. The van der Waals surface area contributed by atoms with Gasteiger partial charge in [-0.2, -0.15) is 4.31 Å². The summed E-state index contributed by atoms with van der Waals surface area (Å²) in [5.74, 6) is -0.149. The highest BCUT2D eigenvalue weighted by Crippen LogP contribution is 2.29. The van der Waals surface area contributed by atoms with Crippen molar-refractivity contribution < 1.29 is 13.2 Å². The van der Waals surface area contributed by atoms with Crippen LogP contribution in [0.5, 0.6) is 0 Å². The average Bonchev–Trinajstić information content (AvgIpc) is 3.07. The molecule has 1 unspecified atom stereocenters. The molecule has 25 heavy (non-hydrogen) atoms. The molecule has 0 N–H and O–H groups in total. The predicted molar refractivity (Wildman–Crippen MR) is 96.4 cm³/mol. The van der Waals surface area contributed by atoms with E-state index in [0.717, 1.165) is 11.1 Å². The van der Waals surface area contributed by atoms with Crippen LogP contribution >= 0.6 is 11.6 Å². The molecule has 1 aromatic carbocycles. The van der Waals surface area contributed by atoms with Crippen molar-refractivity contribution in [3.8, 4) is 0 Å². The number of hydrogen-bond acceptors (Lipinski definition) is 4. The molecule has 5 nitrogen and oxygen atoms in total. The fourth-order valence-electron chi connectivity index (χ4n) is 3.12. The lowest BCUT2D eigenvalue weighted by Gasteiger charge is -2.23. The van der Waals surface area contributed by atoms with Gasteiger partial charge in [-0.15, -0.1) is 0 Å². The van der Waals surface area contributed by atoms with E-state index in [1.807, 2.05) is 32.0 Å². The molecule has 0 amide bonds. The van der Waals surface area contributed by atoms with Gasteiger partial charge in [-0.05, 0) is 50.5 Å². The summed E-state index contributed by atoms with van der Waals surface area (Å²) in [4.78, 5) is 16.9. The summed E-state index contributed by atoms with van der Waals surface area (Å²) >= 11 is 5.74. The first-order valence-electron chi connectivity index (χ1n) is 8.05. The van der Waals surface area contributed by atoms with Crippen molar-refractivity contribution in [3.63, 3.8) is 0 Å². The number of ketones is 1. The van der Waals surface area contributed by atoms with E-state index in [1.54, 1.807) is 0 Å². The van der Waals surface area contributed by atoms with Gasteiger partial charge >= 0.3 is 0 Å². The minimum absolute atomic E-state index is 0.0533. The standard InChI is InChI=1S/C18H19ClN2O3S/c1-12-5-6-13(2)15(10-12)18(22)16-4-3-9-21(16)25(23,24)14-7-8-17(19)20-11-14/h5-8,10-11,16H,3-4,9H2,1-2H3. The number of aryl methyl sites for hydroxylation is 2. The highest BCUT2D eigenvalue weighted by molar-refractivity contribution is 7.89. The molecule has 1 atom stereocenters. The maximum absolute atomic E-state index is 13.0. The van der Waals surface area contributed by atoms with Gasteiger partial charge in [-0.1, -0.05) is 29.3 Å². The Hall–Kier alpha value is -1.76. The lowest BCUT2D eigenvalue weighted by molar-refractivity contribution is 0.0917. The van der Waals surface area contributed by atoms with Gasteiger partial charge in [0.2, 0.25) is 10.0 Å². The summed E-state index contributed by atoms with van der Waals surface area (Å²) in [5.41, 5.74) is 2.41. The Kier molecular flexibility index (Phi) is 4.95. The summed E-state index contributed by atoms with van der Waals surface area (Å²) in [6.07, 6.45) is 2.41. The molecule has 2 aromatic rings. The lowest BCUT2D eigenvalue weighted by atomic mass is 9.97. The molecule has 3 rings (SSSR count). The maximum atomic E-state index is 13.0. The number of sulfonamides is 1. The topological polar surface area (TPSA) is 67.3 Å². The molecule has 7 heteroatoms. The summed E-state index contributed by atoms with van der Waals surface area (Å²) in [5, 5.41) is 0.225. The van der Waals surface area contributed by atoms with Gasteiger partial charge in [0.15, 0.2) is 5.78 Å². The third-order valence-corrected chi connectivity index (χ3v) is 6.59. The number of hydrogen-bond donors (Lipinski definition) is 0. The van der Waals surface area contributed by atoms with Gasteiger partial charge in [-0.3, -0.25) is 4.79 Å². The number of nitrogens with zero attached hydrogens (tertiary/aromatic N) is 2. The highest BCUT2D eigenvalue weighted by Gasteiger charge is 2.40. The Labute approximate surface area is 152 Å². The Morgan fingerprint density at radius 3 is 2.68 bits per heavy atom. The molecule has 1 aliphatic heterocycles. The SMILES string of the molecule is Cc1ccc(C)c(C(=O)C2CCCN2S(=O)(=O)c2ccc(Cl)nc2)c1. The van der Waals surface area contributed by atoms with Gasteiger partial charge in [0.1, 0.15) is 10.0 Å². The number of Topliss-reactive ketones (excluding diaryl/α,β-unsaturated/α-hetero) is 1. The van der Waals surface area contributed by atoms with Crippen LogP contribution in [0.1, 0.15) is 34.3 Å². The molecular weight excluding hydrogens is 360 g/mol. The first-order valence-corrected chi connectivity index (χ1v) is 9.87. The molecule has 0 bridgehead atoms. The molecule has 0 radical (unpaired) electrons. The van der Waals surface area contributed by atoms with E-state index in [-0.39, 0.29) is 15.8 Å². The van der Waals surface area contributed by atoms with Crippen LogP contribution in [0.25, 0.3) is 0 Å². The molecule has 0 aliphatic carbocycles. The van der Waals surface area contributed by atoms with Gasteiger partial charge in [-0.25, -0.2) is 13.4 Å². The molecule has 1 saturated heterocycles. The van der Waals surface area contributed by atoms with Gasteiger partial charge in [0.05, 0.1) is 6.04 Å². The first-order chi connectivity index (χ1) is 11.8. The highest BCUT2D eigenvalue weighted by atomic mass is 35.5. The summed E-state index contributed by atoms with van der Waals surface area (Å²) in [7, 11) is -3.79. The zero-order valence-electron chi connectivity index (χ0n) is 14.1. The second-order valence-corrected chi connectivity index (χ2v) is 8.55. The van der Waals surface area contributed by atoms with Crippen LogP contribution in [0.3, 0.4) is 0 Å². The van der Waals surface area contributed by atoms with E-state index in [0.29, 0.717) is 24.9 Å². The number of benzene rings is 1. The van der Waals surface area contributed by atoms with Gasteiger partial charge < -0.3 is 0 Å². The van der Waals surface area contributed by atoms with E-state index in [4.69, 9.17) is 11.6 Å². The predicted octanol–water partition coefficient (Wildman–Crippen LogP) is 3.39. The van der Waals surface area contributed by atoms with Crippen LogP contribution in [-0.2, 0) is 10.0 Å². The molecule has 1 fully saturated rings. The maximum Gasteiger partial charge on any atom is 0.245 e. The van der Waals surface area contributed by atoms with Gasteiger partial charge in [0, 0.05) is 18.3 Å². The fourth-order valence-corrected chi connectivity index (χ4v) is 4.84. The van der Waals surface area contributed by atoms with Crippen molar-refractivity contribution in [2.75, 3.05) is 6.54 Å². The summed E-state index contributed by atoms with van der Waals surface area (Å²) in [6.45, 7) is 4.11. The van der Waals surface area contributed by atoms with Crippen LogP contribution in [0.2, 0.25) is 5.15 Å². The lowest BCUT2D eigenvalue weighted by Crippen LogP contribution is -2.40. The Balaban J connectivity index is 1.96. The smallest absolute Gasteiger partial charge is 0.245 e. The number of carbonyl (C=O) groups is 1. The molecule has 1 aliphatic rings. The number of aromatic nitrogens is 1. The molecule has 1 aromatic heterocycles. The van der Waals surface area contributed by atoms with Crippen LogP contribution in [0.4, 0.5) is 0 Å². The van der Waals surface area contributed by atoms with E-state index in [9.17, 15) is 13.2 Å². The average molecular weight is 379 g/mol. The normalized spacial score (nSPS) is 18.4. The van der Waals surface area contributed by atoms with Crippen molar-refractivity contribution in [1.29, 1.82) is 0 Å². The van der Waals surface area contributed by atoms with Crippen LogP contribution in [0.15, 0.2) is 41.4 Å². The Morgan fingerprint density at radius 2 is 2.00 bits per heavy atom. The number of carbonyl (C=O) groups excluding carboxylic acids is 1. The molecule has 0 spiro atoms. The van der Waals surface area contributed by atoms with Crippen molar-refractivity contribution >= 4 is 27.4 Å². The van der Waals surface area contributed by atoms with Crippen molar-refractivity contribution in [3.05, 3.63) is 58.4 Å². The van der Waals surface area contributed by atoms with E-state index >= 15 is 0 Å². The summed E-state index contributed by atoms with van der Waals surface area (Å²) in [6, 6.07) is 7.83. The zero-order chi connectivity index (χ0) is 18.2. The Morgan fingerprint density at radius 1 is 1.24 bits per heavy atom. The van der Waals surface area contributed by atoms with Crippen LogP contribution < -0.4 is 0 Å². The van der Waals surface area contributed by atoms with Crippen LogP contribution in [0, 0.1) is 13.8 Å². The molecular formula is C18H19ClN2O3S. The third-order valence-electron chi connectivity index (χ3n) is 4.47. The summed E-state index contributed by atoms with van der Waals surface area (Å²) < 4.78 is 27.2. The molecule has 132 valence electrons. The Bertz CT molecular complexity index is 910.